The van der Waals surface area contributed by atoms with Crippen molar-refractivity contribution in [1.82, 2.24) is 19.4 Å². The van der Waals surface area contributed by atoms with Crippen LogP contribution in [0.25, 0.3) is 5.70 Å². The van der Waals surface area contributed by atoms with E-state index < -0.39 is 47.6 Å². The minimum Gasteiger partial charge on any atom is -0.481 e. The van der Waals surface area contributed by atoms with E-state index in [-0.39, 0.29) is 38.1 Å². The van der Waals surface area contributed by atoms with Crippen molar-refractivity contribution < 1.29 is 29.3 Å². The normalized spacial score (nSPS) is 11.4. The highest BCUT2D eigenvalue weighted by Crippen LogP contribution is 2.12. The zero-order valence-electron chi connectivity index (χ0n) is 18.8. The lowest BCUT2D eigenvalue weighted by Gasteiger charge is -2.16. The molecule has 0 spiro atoms. The van der Waals surface area contributed by atoms with Gasteiger partial charge in [0, 0.05) is 12.2 Å². The van der Waals surface area contributed by atoms with E-state index in [9.17, 15) is 33.9 Å². The number of aromatic amines is 1. The molecule has 1 aromatic heterocycles. The average molecular weight is 490 g/mol. The van der Waals surface area contributed by atoms with Crippen LogP contribution in [0.3, 0.4) is 0 Å². The summed E-state index contributed by atoms with van der Waals surface area (Å²) >= 11 is 0. The summed E-state index contributed by atoms with van der Waals surface area (Å²) in [5, 5.41) is 20.9. The van der Waals surface area contributed by atoms with E-state index in [0.29, 0.717) is 15.6 Å². The zero-order valence-corrected chi connectivity index (χ0v) is 18.8. The monoisotopic (exact) mass is 490 g/mol. The Bertz CT molecular complexity index is 1240. The molecule has 13 heteroatoms. The quantitative estimate of drug-likeness (QED) is 0.294. The molecule has 13 nitrogen and oxygen atoms in total. The van der Waals surface area contributed by atoms with Crippen LogP contribution in [0.15, 0.2) is 51.3 Å². The number of amides is 1. The van der Waals surface area contributed by atoms with E-state index in [0.717, 1.165) is 5.56 Å². The molecule has 0 fully saturated rings. The topological polar surface area (TPSA) is 190 Å². The predicted octanol–water partition coefficient (Wildman–Crippen LogP) is 0.756. The Kier molecular flexibility index (Phi) is 9.75. The number of carbonyl (C=O) groups is 3. The lowest BCUT2D eigenvalue weighted by Crippen LogP contribution is -2.51. The van der Waals surface area contributed by atoms with Gasteiger partial charge in [0.1, 0.15) is 12.6 Å². The van der Waals surface area contributed by atoms with Crippen molar-refractivity contribution in [3.63, 3.8) is 0 Å². The van der Waals surface area contributed by atoms with Gasteiger partial charge in [-0.3, -0.25) is 9.78 Å². The highest BCUT2D eigenvalue weighted by molar-refractivity contribution is 5.72. The average Bonchev–Trinajstić information content (AvgIpc) is 2.80. The van der Waals surface area contributed by atoms with Crippen molar-refractivity contribution in [3.8, 4) is 0 Å². The molecule has 2 rings (SSSR count). The SMILES string of the molecule is C=C(CCC(=O)O)n1c(=O)[nH]c(=O)n([C@@H](CCCCNC(=O)OCc2ccccc2)C(=O)O)c1=O. The van der Waals surface area contributed by atoms with Gasteiger partial charge in [-0.1, -0.05) is 36.9 Å². The summed E-state index contributed by atoms with van der Waals surface area (Å²) in [5.74, 6) is -2.67. The first-order chi connectivity index (χ1) is 16.6. The molecule has 1 aromatic carbocycles. The van der Waals surface area contributed by atoms with Crippen LogP contribution in [0.4, 0.5) is 4.79 Å². The second kappa shape index (κ2) is 12.7. The van der Waals surface area contributed by atoms with Crippen LogP contribution in [0, 0.1) is 0 Å². The molecule has 0 bridgehead atoms. The molecule has 1 amide bonds. The van der Waals surface area contributed by atoms with Gasteiger partial charge in [0.25, 0.3) is 0 Å². The first-order valence-electron chi connectivity index (χ1n) is 10.7. The van der Waals surface area contributed by atoms with Crippen molar-refractivity contribution >= 4 is 23.7 Å². The maximum absolute atomic E-state index is 12.8. The van der Waals surface area contributed by atoms with Gasteiger partial charge in [-0.05, 0) is 31.2 Å². The fourth-order valence-corrected chi connectivity index (χ4v) is 3.20. The molecule has 35 heavy (non-hydrogen) atoms. The second-order valence-corrected chi connectivity index (χ2v) is 7.52. The number of H-pyrrole nitrogens is 1. The molecule has 0 saturated carbocycles. The van der Waals surface area contributed by atoms with Gasteiger partial charge < -0.3 is 20.3 Å². The molecule has 1 atom stereocenters. The maximum Gasteiger partial charge on any atom is 0.407 e. The van der Waals surface area contributed by atoms with Crippen molar-refractivity contribution in [2.75, 3.05) is 6.54 Å². The number of allylic oxidation sites excluding steroid dienone is 1. The Balaban J connectivity index is 1.99. The van der Waals surface area contributed by atoms with Crippen LogP contribution < -0.4 is 22.4 Å². The van der Waals surface area contributed by atoms with Crippen molar-refractivity contribution in [2.24, 2.45) is 0 Å². The van der Waals surface area contributed by atoms with Gasteiger partial charge in [0.15, 0.2) is 0 Å². The van der Waals surface area contributed by atoms with Crippen LogP contribution in [-0.4, -0.2) is 48.9 Å². The number of alkyl carbamates (subject to hydrolysis) is 1. The molecule has 188 valence electrons. The number of nitrogens with one attached hydrogen (secondary N) is 2. The summed E-state index contributed by atoms with van der Waals surface area (Å²) in [6, 6.07) is 7.45. The number of carboxylic acids is 2. The number of benzene rings is 1. The largest absolute Gasteiger partial charge is 0.481 e. The van der Waals surface area contributed by atoms with Gasteiger partial charge in [-0.25, -0.2) is 33.1 Å². The van der Waals surface area contributed by atoms with Crippen LogP contribution >= 0.6 is 0 Å². The minimum absolute atomic E-state index is 0.0902. The Morgan fingerprint density at radius 3 is 2.34 bits per heavy atom. The summed E-state index contributed by atoms with van der Waals surface area (Å²) in [6.07, 6.45) is -0.960. The number of aromatic nitrogens is 3. The third-order valence-electron chi connectivity index (χ3n) is 4.96. The highest BCUT2D eigenvalue weighted by atomic mass is 16.5. The van der Waals surface area contributed by atoms with Crippen LogP contribution in [0.2, 0.25) is 0 Å². The molecular formula is C22H26N4O9. The Morgan fingerprint density at radius 2 is 1.71 bits per heavy atom. The molecule has 0 radical (unpaired) electrons. The molecule has 0 aliphatic rings. The zero-order chi connectivity index (χ0) is 26.0. The van der Waals surface area contributed by atoms with E-state index >= 15 is 0 Å². The van der Waals surface area contributed by atoms with Crippen molar-refractivity contribution in [3.05, 3.63) is 73.9 Å². The molecule has 0 saturated heterocycles. The summed E-state index contributed by atoms with van der Waals surface area (Å²) in [4.78, 5) is 73.3. The number of carbonyl (C=O) groups excluding carboxylic acids is 1. The van der Waals surface area contributed by atoms with Gasteiger partial charge in [-0.2, -0.15) is 0 Å². The summed E-state index contributed by atoms with van der Waals surface area (Å²) in [6.45, 7) is 3.75. The van der Waals surface area contributed by atoms with Crippen LogP contribution in [-0.2, 0) is 20.9 Å². The van der Waals surface area contributed by atoms with Gasteiger partial charge >= 0.3 is 35.1 Å². The second-order valence-electron chi connectivity index (χ2n) is 7.52. The molecule has 2 aromatic rings. The van der Waals surface area contributed by atoms with E-state index in [4.69, 9.17) is 9.84 Å². The van der Waals surface area contributed by atoms with Gasteiger partial charge in [0.2, 0.25) is 0 Å². The van der Waals surface area contributed by atoms with E-state index in [1.807, 2.05) is 23.2 Å². The lowest BCUT2D eigenvalue weighted by atomic mass is 10.1. The predicted molar refractivity (Wildman–Crippen MR) is 123 cm³/mol. The van der Waals surface area contributed by atoms with E-state index in [1.165, 1.54) is 0 Å². The third kappa shape index (κ3) is 7.84. The first-order valence-corrected chi connectivity index (χ1v) is 10.7. The Labute approximate surface area is 198 Å². The number of hydrogen-bond acceptors (Lipinski definition) is 7. The maximum atomic E-state index is 12.8. The molecule has 0 aliphatic heterocycles. The number of unbranched alkanes of at least 4 members (excludes halogenated alkanes) is 1. The highest BCUT2D eigenvalue weighted by Gasteiger charge is 2.25. The fraction of sp³-hybridized carbons (Fsp3) is 0.364. The molecule has 0 unspecified atom stereocenters. The molecular weight excluding hydrogens is 464 g/mol. The van der Waals surface area contributed by atoms with E-state index in [1.54, 1.807) is 12.1 Å². The number of carboxylic acid groups (broad SMARTS) is 2. The lowest BCUT2D eigenvalue weighted by molar-refractivity contribution is -0.141. The Hall–Kier alpha value is -4.42. The van der Waals surface area contributed by atoms with Gasteiger partial charge in [-0.15, -0.1) is 0 Å². The smallest absolute Gasteiger partial charge is 0.407 e. The number of rotatable bonds is 13. The minimum atomic E-state index is -1.60. The first kappa shape index (κ1) is 26.8. The number of ether oxygens (including phenoxy) is 1. The number of hydrogen-bond donors (Lipinski definition) is 4. The summed E-state index contributed by atoms with van der Waals surface area (Å²) in [7, 11) is 0. The third-order valence-corrected chi connectivity index (χ3v) is 4.96. The standard InChI is InChI=1S/C22H26N4O9/c1-14(10-11-17(27)28)25-19(31)24-20(32)26(22(25)34)16(18(29)30)9-5-6-12-23-21(33)35-13-15-7-3-2-4-8-15/h2-4,7-8,16H,1,5-6,9-13H2,(H,23,33)(H,27,28)(H,29,30)(H,24,31,32)/t16-/m0/s1. The number of nitrogens with zero attached hydrogens (tertiary/aromatic N) is 2. The summed E-state index contributed by atoms with van der Waals surface area (Å²) in [5.41, 5.74) is -2.97. The fourth-order valence-electron chi connectivity index (χ4n) is 3.20. The van der Waals surface area contributed by atoms with E-state index in [2.05, 4.69) is 11.9 Å². The van der Waals surface area contributed by atoms with Crippen LogP contribution in [0.5, 0.6) is 0 Å². The van der Waals surface area contributed by atoms with Crippen molar-refractivity contribution in [2.45, 2.75) is 44.8 Å². The van der Waals surface area contributed by atoms with Crippen molar-refractivity contribution in [1.29, 1.82) is 0 Å². The summed E-state index contributed by atoms with van der Waals surface area (Å²) < 4.78 is 5.90. The van der Waals surface area contributed by atoms with Crippen LogP contribution in [0.1, 0.15) is 43.7 Å². The Morgan fingerprint density at radius 1 is 1.03 bits per heavy atom. The van der Waals surface area contributed by atoms with Gasteiger partial charge in [0.05, 0.1) is 6.42 Å². The number of aliphatic carboxylic acids is 2. The molecule has 0 aliphatic carbocycles. The molecule has 4 N–H and O–H groups in total. The molecule has 1 heterocycles.